The van der Waals surface area contributed by atoms with Crippen LogP contribution in [0.3, 0.4) is 0 Å². The van der Waals surface area contributed by atoms with Crippen LogP contribution in [0.5, 0.6) is 5.75 Å². The van der Waals surface area contributed by atoms with E-state index in [9.17, 15) is 4.79 Å². The highest BCUT2D eigenvalue weighted by Crippen LogP contribution is 2.36. The predicted octanol–water partition coefficient (Wildman–Crippen LogP) is 4.55. The lowest BCUT2D eigenvalue weighted by Gasteiger charge is -2.39. The zero-order valence-corrected chi connectivity index (χ0v) is 13.2. The molecule has 0 unspecified atom stereocenters. The van der Waals surface area contributed by atoms with Crippen LogP contribution in [0.1, 0.15) is 13.8 Å². The molecule has 114 valence electrons. The van der Waals surface area contributed by atoms with Gasteiger partial charge in [-0.1, -0.05) is 23.7 Å². The minimum atomic E-state index is -0.439. The molecule has 4 nitrogen and oxygen atoms in total. The minimum Gasteiger partial charge on any atom is -0.484 e. The molecule has 5 heteroatoms. The van der Waals surface area contributed by atoms with Crippen molar-refractivity contribution in [2.45, 2.75) is 19.4 Å². The van der Waals surface area contributed by atoms with Crippen molar-refractivity contribution in [1.82, 2.24) is 0 Å². The van der Waals surface area contributed by atoms with E-state index in [-0.39, 0.29) is 6.03 Å². The van der Waals surface area contributed by atoms with Crippen molar-refractivity contribution in [3.05, 3.63) is 53.6 Å². The van der Waals surface area contributed by atoms with Gasteiger partial charge in [-0.2, -0.15) is 0 Å². The monoisotopic (exact) mass is 316 g/mol. The molecule has 2 aromatic carbocycles. The summed E-state index contributed by atoms with van der Waals surface area (Å²) in [4.78, 5) is 14.3. The molecule has 0 spiro atoms. The molecule has 2 amide bonds. The van der Waals surface area contributed by atoms with Crippen molar-refractivity contribution in [2.24, 2.45) is 0 Å². The van der Waals surface area contributed by atoms with Gasteiger partial charge in [0.05, 0.1) is 12.2 Å². The first kappa shape index (κ1) is 14.7. The Hall–Kier alpha value is -2.20. The number of benzene rings is 2. The molecule has 0 aromatic heterocycles. The Morgan fingerprint density at radius 3 is 2.59 bits per heavy atom. The zero-order chi connectivity index (χ0) is 15.7. The van der Waals surface area contributed by atoms with Crippen LogP contribution < -0.4 is 15.0 Å². The number of fused-ring (bicyclic) bond motifs is 1. The Kier molecular flexibility index (Phi) is 3.71. The van der Waals surface area contributed by atoms with E-state index in [2.05, 4.69) is 5.32 Å². The van der Waals surface area contributed by atoms with E-state index in [0.717, 1.165) is 5.69 Å². The van der Waals surface area contributed by atoms with Gasteiger partial charge in [0, 0.05) is 10.7 Å². The van der Waals surface area contributed by atoms with Gasteiger partial charge in [-0.05, 0) is 50.2 Å². The summed E-state index contributed by atoms with van der Waals surface area (Å²) in [6, 6.07) is 14.4. The molecule has 0 saturated carbocycles. The number of rotatable bonds is 1. The third kappa shape index (κ3) is 3.02. The van der Waals surface area contributed by atoms with Gasteiger partial charge < -0.3 is 10.1 Å². The molecule has 3 rings (SSSR count). The highest BCUT2D eigenvalue weighted by atomic mass is 35.5. The Morgan fingerprint density at radius 1 is 1.18 bits per heavy atom. The molecular weight excluding hydrogens is 300 g/mol. The van der Waals surface area contributed by atoms with Crippen molar-refractivity contribution >= 4 is 29.0 Å². The third-order valence-corrected chi connectivity index (χ3v) is 3.67. The maximum atomic E-state index is 12.6. The van der Waals surface area contributed by atoms with Crippen molar-refractivity contribution in [1.29, 1.82) is 0 Å². The molecule has 0 bridgehead atoms. The summed E-state index contributed by atoms with van der Waals surface area (Å²) >= 11 is 5.86. The predicted molar refractivity (Wildman–Crippen MR) is 89.0 cm³/mol. The van der Waals surface area contributed by atoms with Crippen LogP contribution in [-0.4, -0.2) is 18.2 Å². The second kappa shape index (κ2) is 5.54. The lowest BCUT2D eigenvalue weighted by molar-refractivity contribution is 0.107. The van der Waals surface area contributed by atoms with Crippen molar-refractivity contribution < 1.29 is 9.53 Å². The molecule has 0 radical (unpaired) electrons. The second-order valence-corrected chi connectivity index (χ2v) is 6.29. The van der Waals surface area contributed by atoms with E-state index >= 15 is 0 Å². The van der Waals surface area contributed by atoms with Crippen LogP contribution in [-0.2, 0) is 0 Å². The topological polar surface area (TPSA) is 41.6 Å². The summed E-state index contributed by atoms with van der Waals surface area (Å²) in [5.74, 6) is 0.713. The van der Waals surface area contributed by atoms with E-state index < -0.39 is 5.60 Å². The van der Waals surface area contributed by atoms with E-state index in [1.165, 1.54) is 0 Å². The van der Waals surface area contributed by atoms with Gasteiger partial charge in [-0.3, -0.25) is 4.90 Å². The Labute approximate surface area is 134 Å². The molecule has 1 N–H and O–H groups in total. The van der Waals surface area contributed by atoms with Gasteiger partial charge in [-0.15, -0.1) is 0 Å². The van der Waals surface area contributed by atoms with Gasteiger partial charge >= 0.3 is 6.03 Å². The SMILES string of the molecule is CC1(C)CN(C(=O)Nc2ccc(Cl)cc2)c2ccccc2O1. The van der Waals surface area contributed by atoms with Gasteiger partial charge in [0.2, 0.25) is 0 Å². The molecule has 1 aliphatic heterocycles. The van der Waals surface area contributed by atoms with Crippen LogP contribution in [0.2, 0.25) is 5.02 Å². The summed E-state index contributed by atoms with van der Waals surface area (Å²) in [6.45, 7) is 4.40. The fourth-order valence-corrected chi connectivity index (χ4v) is 2.59. The molecule has 2 aromatic rings. The number of halogens is 1. The van der Waals surface area contributed by atoms with E-state index in [0.29, 0.717) is 23.0 Å². The smallest absolute Gasteiger partial charge is 0.326 e. The normalized spacial score (nSPS) is 15.7. The number of nitrogens with zero attached hydrogens (tertiary/aromatic N) is 1. The number of carbonyl (C=O) groups is 1. The molecule has 1 heterocycles. The summed E-state index contributed by atoms with van der Waals surface area (Å²) < 4.78 is 5.93. The van der Waals surface area contributed by atoms with Crippen LogP contribution in [0.25, 0.3) is 0 Å². The Bertz CT molecular complexity index is 698. The standard InChI is InChI=1S/C17H17ClN2O2/c1-17(2)11-20(14-5-3-4-6-15(14)22-17)16(21)19-13-9-7-12(18)8-10-13/h3-10H,11H2,1-2H3,(H,19,21). The third-order valence-electron chi connectivity index (χ3n) is 3.42. The van der Waals surface area contributed by atoms with Gasteiger partial charge in [-0.25, -0.2) is 4.79 Å². The van der Waals surface area contributed by atoms with Gasteiger partial charge in [0.25, 0.3) is 0 Å². The summed E-state index contributed by atoms with van der Waals surface area (Å²) in [6.07, 6.45) is 0. The zero-order valence-electron chi connectivity index (χ0n) is 12.5. The lowest BCUT2D eigenvalue weighted by atomic mass is 10.1. The van der Waals surface area contributed by atoms with Crippen LogP contribution in [0, 0.1) is 0 Å². The number of nitrogens with one attached hydrogen (secondary N) is 1. The van der Waals surface area contributed by atoms with Crippen molar-refractivity contribution in [2.75, 3.05) is 16.8 Å². The number of ether oxygens (including phenoxy) is 1. The summed E-state index contributed by atoms with van der Waals surface area (Å²) in [5, 5.41) is 3.53. The molecular formula is C17H17ClN2O2. The highest BCUT2D eigenvalue weighted by Gasteiger charge is 2.34. The second-order valence-electron chi connectivity index (χ2n) is 5.85. The number of anilines is 2. The molecule has 0 aliphatic carbocycles. The lowest BCUT2D eigenvalue weighted by Crippen LogP contribution is -2.50. The number of carbonyl (C=O) groups excluding carboxylic acids is 1. The summed E-state index contributed by atoms with van der Waals surface area (Å²) in [7, 11) is 0. The van der Waals surface area contributed by atoms with Gasteiger partial charge in [0.15, 0.2) is 0 Å². The van der Waals surface area contributed by atoms with Crippen molar-refractivity contribution in [3.63, 3.8) is 0 Å². The maximum Gasteiger partial charge on any atom is 0.326 e. The number of hydrogen-bond acceptors (Lipinski definition) is 2. The first-order valence-corrected chi connectivity index (χ1v) is 7.45. The Balaban J connectivity index is 1.87. The van der Waals surface area contributed by atoms with Gasteiger partial charge in [0.1, 0.15) is 11.4 Å². The first-order valence-electron chi connectivity index (χ1n) is 7.07. The number of para-hydroxylation sites is 2. The summed E-state index contributed by atoms with van der Waals surface area (Å²) in [5.41, 5.74) is 1.04. The van der Waals surface area contributed by atoms with Crippen LogP contribution in [0.15, 0.2) is 48.5 Å². The minimum absolute atomic E-state index is 0.189. The maximum absolute atomic E-state index is 12.6. The largest absolute Gasteiger partial charge is 0.484 e. The van der Waals surface area contributed by atoms with E-state index in [4.69, 9.17) is 16.3 Å². The van der Waals surface area contributed by atoms with E-state index in [1.54, 1.807) is 29.2 Å². The highest BCUT2D eigenvalue weighted by molar-refractivity contribution is 6.30. The van der Waals surface area contributed by atoms with Crippen LogP contribution >= 0.6 is 11.6 Å². The van der Waals surface area contributed by atoms with Crippen molar-refractivity contribution in [3.8, 4) is 5.75 Å². The average molecular weight is 317 g/mol. The fraction of sp³-hybridized carbons (Fsp3) is 0.235. The van der Waals surface area contributed by atoms with Crippen LogP contribution in [0.4, 0.5) is 16.2 Å². The fourth-order valence-electron chi connectivity index (χ4n) is 2.47. The molecule has 0 fully saturated rings. The first-order chi connectivity index (χ1) is 10.4. The quantitative estimate of drug-likeness (QED) is 0.838. The number of amides is 2. The Morgan fingerprint density at radius 2 is 1.86 bits per heavy atom. The number of urea groups is 1. The molecule has 22 heavy (non-hydrogen) atoms. The molecule has 0 atom stereocenters. The molecule has 0 saturated heterocycles. The van der Waals surface area contributed by atoms with E-state index in [1.807, 2.05) is 38.1 Å². The average Bonchev–Trinajstić information content (AvgIpc) is 2.47. The molecule has 1 aliphatic rings. The number of hydrogen-bond donors (Lipinski definition) is 1.